The van der Waals surface area contributed by atoms with Crippen LogP contribution in [0.15, 0.2) is 12.2 Å². The first-order valence-electron chi connectivity index (χ1n) is 6.66. The SMILES string of the molecule is C=C(C)C(=O)OC(C)COC(=O)C1CCC2OC2C1. The Morgan fingerprint density at radius 2 is 2.11 bits per heavy atom. The number of rotatable bonds is 5. The topological polar surface area (TPSA) is 65.1 Å². The third-order valence-electron chi connectivity index (χ3n) is 3.45. The lowest BCUT2D eigenvalue weighted by Crippen LogP contribution is -2.28. The van der Waals surface area contributed by atoms with Crippen LogP contribution in [-0.4, -0.2) is 36.9 Å². The van der Waals surface area contributed by atoms with Gasteiger partial charge in [-0.05, 0) is 33.1 Å². The molecule has 0 amide bonds. The highest BCUT2D eigenvalue weighted by atomic mass is 16.6. The lowest BCUT2D eigenvalue weighted by atomic mass is 9.89. The van der Waals surface area contributed by atoms with Crippen molar-refractivity contribution in [1.82, 2.24) is 0 Å². The molecule has 2 aliphatic rings. The number of carbonyl (C=O) groups is 2. The van der Waals surface area contributed by atoms with Crippen LogP contribution in [-0.2, 0) is 23.8 Å². The van der Waals surface area contributed by atoms with Crippen molar-refractivity contribution in [2.45, 2.75) is 51.4 Å². The maximum Gasteiger partial charge on any atom is 0.333 e. The summed E-state index contributed by atoms with van der Waals surface area (Å²) in [6, 6.07) is 0. The Labute approximate surface area is 112 Å². The molecule has 2 rings (SSSR count). The van der Waals surface area contributed by atoms with Crippen molar-refractivity contribution in [3.05, 3.63) is 12.2 Å². The number of fused-ring (bicyclic) bond motifs is 1. The van der Waals surface area contributed by atoms with Crippen molar-refractivity contribution in [2.75, 3.05) is 6.61 Å². The molecular weight excluding hydrogens is 248 g/mol. The number of esters is 2. The lowest BCUT2D eigenvalue weighted by molar-refractivity contribution is -0.158. The molecule has 19 heavy (non-hydrogen) atoms. The van der Waals surface area contributed by atoms with Crippen LogP contribution in [0.2, 0.25) is 0 Å². The van der Waals surface area contributed by atoms with E-state index in [0.717, 1.165) is 19.3 Å². The molecule has 0 N–H and O–H groups in total. The normalized spacial score (nSPS) is 29.9. The number of carbonyl (C=O) groups excluding carboxylic acids is 2. The van der Waals surface area contributed by atoms with E-state index in [4.69, 9.17) is 14.2 Å². The molecule has 106 valence electrons. The number of ether oxygens (including phenoxy) is 3. The fraction of sp³-hybridized carbons (Fsp3) is 0.714. The van der Waals surface area contributed by atoms with Crippen LogP contribution >= 0.6 is 0 Å². The molecule has 4 atom stereocenters. The summed E-state index contributed by atoms with van der Waals surface area (Å²) in [6.07, 6.45) is 2.68. The van der Waals surface area contributed by atoms with Gasteiger partial charge in [-0.3, -0.25) is 4.79 Å². The van der Waals surface area contributed by atoms with Crippen molar-refractivity contribution in [3.8, 4) is 0 Å². The Bertz CT molecular complexity index is 389. The Kier molecular flexibility index (Phi) is 4.24. The monoisotopic (exact) mass is 268 g/mol. The van der Waals surface area contributed by atoms with E-state index in [9.17, 15) is 9.59 Å². The van der Waals surface area contributed by atoms with Crippen molar-refractivity contribution in [3.63, 3.8) is 0 Å². The van der Waals surface area contributed by atoms with E-state index in [2.05, 4.69) is 6.58 Å². The van der Waals surface area contributed by atoms with Crippen molar-refractivity contribution in [1.29, 1.82) is 0 Å². The van der Waals surface area contributed by atoms with E-state index in [1.807, 2.05) is 0 Å². The van der Waals surface area contributed by atoms with E-state index in [1.54, 1.807) is 13.8 Å². The summed E-state index contributed by atoms with van der Waals surface area (Å²) >= 11 is 0. The molecule has 0 aromatic rings. The molecule has 1 saturated heterocycles. The maximum atomic E-state index is 11.9. The van der Waals surface area contributed by atoms with Gasteiger partial charge in [-0.1, -0.05) is 6.58 Å². The summed E-state index contributed by atoms with van der Waals surface area (Å²) in [6.45, 7) is 6.85. The third kappa shape index (κ3) is 3.80. The minimum absolute atomic E-state index is 0.0761. The van der Waals surface area contributed by atoms with Crippen molar-refractivity contribution in [2.24, 2.45) is 5.92 Å². The highest BCUT2D eigenvalue weighted by Gasteiger charge is 2.46. The van der Waals surface area contributed by atoms with Crippen LogP contribution in [0.25, 0.3) is 0 Å². The van der Waals surface area contributed by atoms with E-state index in [-0.39, 0.29) is 24.6 Å². The zero-order chi connectivity index (χ0) is 14.0. The van der Waals surface area contributed by atoms with Gasteiger partial charge in [0.05, 0.1) is 18.1 Å². The van der Waals surface area contributed by atoms with Gasteiger partial charge in [0, 0.05) is 5.57 Å². The fourth-order valence-electron chi connectivity index (χ4n) is 2.25. The van der Waals surface area contributed by atoms with E-state index >= 15 is 0 Å². The van der Waals surface area contributed by atoms with Gasteiger partial charge in [-0.25, -0.2) is 4.79 Å². The zero-order valence-corrected chi connectivity index (χ0v) is 11.4. The standard InChI is InChI=1S/C14H20O5/c1-8(2)13(15)18-9(3)7-17-14(16)10-4-5-11-12(6-10)19-11/h9-12H,1,4-7H2,2-3H3. The summed E-state index contributed by atoms with van der Waals surface area (Å²) in [5.74, 6) is -0.754. The summed E-state index contributed by atoms with van der Waals surface area (Å²) in [4.78, 5) is 23.1. The van der Waals surface area contributed by atoms with Gasteiger partial charge < -0.3 is 14.2 Å². The highest BCUT2D eigenvalue weighted by Crippen LogP contribution is 2.39. The van der Waals surface area contributed by atoms with E-state index in [0.29, 0.717) is 11.7 Å². The molecule has 1 heterocycles. The lowest BCUT2D eigenvalue weighted by Gasteiger charge is -2.19. The smallest absolute Gasteiger partial charge is 0.333 e. The van der Waals surface area contributed by atoms with Gasteiger partial charge in [0.1, 0.15) is 12.7 Å². The molecule has 1 aliphatic carbocycles. The first-order chi connectivity index (χ1) is 8.97. The number of hydrogen-bond acceptors (Lipinski definition) is 5. The summed E-state index contributed by atoms with van der Waals surface area (Å²) in [5.41, 5.74) is 0.336. The second-order valence-electron chi connectivity index (χ2n) is 5.35. The summed E-state index contributed by atoms with van der Waals surface area (Å²) in [7, 11) is 0. The molecule has 1 aliphatic heterocycles. The van der Waals surface area contributed by atoms with Gasteiger partial charge in [-0.15, -0.1) is 0 Å². The molecule has 5 heteroatoms. The molecule has 0 aromatic carbocycles. The number of epoxide rings is 1. The van der Waals surface area contributed by atoms with E-state index < -0.39 is 12.1 Å². The molecule has 4 unspecified atom stereocenters. The average molecular weight is 268 g/mol. The molecule has 5 nitrogen and oxygen atoms in total. The molecule has 0 spiro atoms. The Balaban J connectivity index is 1.68. The quantitative estimate of drug-likeness (QED) is 0.430. The molecule has 2 fully saturated rings. The molecule has 0 radical (unpaired) electrons. The van der Waals surface area contributed by atoms with Gasteiger partial charge in [0.15, 0.2) is 0 Å². The van der Waals surface area contributed by atoms with Crippen LogP contribution in [0, 0.1) is 5.92 Å². The summed E-state index contributed by atoms with van der Waals surface area (Å²) < 4.78 is 15.6. The van der Waals surface area contributed by atoms with Crippen LogP contribution in [0.5, 0.6) is 0 Å². The number of hydrogen-bond donors (Lipinski definition) is 0. The van der Waals surface area contributed by atoms with Crippen LogP contribution < -0.4 is 0 Å². The minimum Gasteiger partial charge on any atom is -0.462 e. The Morgan fingerprint density at radius 1 is 1.37 bits per heavy atom. The molecular formula is C14H20O5. The largest absolute Gasteiger partial charge is 0.462 e. The maximum absolute atomic E-state index is 11.9. The first kappa shape index (κ1) is 14.1. The van der Waals surface area contributed by atoms with Gasteiger partial charge in [0.25, 0.3) is 0 Å². The molecule has 0 aromatic heterocycles. The van der Waals surface area contributed by atoms with Gasteiger partial charge >= 0.3 is 11.9 Å². The van der Waals surface area contributed by atoms with E-state index in [1.165, 1.54) is 0 Å². The second-order valence-corrected chi connectivity index (χ2v) is 5.35. The van der Waals surface area contributed by atoms with Crippen LogP contribution in [0.4, 0.5) is 0 Å². The minimum atomic E-state index is -0.463. The van der Waals surface area contributed by atoms with Gasteiger partial charge in [0.2, 0.25) is 0 Å². The van der Waals surface area contributed by atoms with Crippen LogP contribution in [0.1, 0.15) is 33.1 Å². The summed E-state index contributed by atoms with van der Waals surface area (Å²) in [5, 5.41) is 0. The van der Waals surface area contributed by atoms with Gasteiger partial charge in [-0.2, -0.15) is 0 Å². The molecule has 0 bridgehead atoms. The second kappa shape index (κ2) is 5.74. The first-order valence-corrected chi connectivity index (χ1v) is 6.66. The predicted octanol–water partition coefficient (Wildman–Crippen LogP) is 1.60. The van der Waals surface area contributed by atoms with Crippen molar-refractivity contribution >= 4 is 11.9 Å². The predicted molar refractivity (Wildman–Crippen MR) is 67.3 cm³/mol. The average Bonchev–Trinajstić information content (AvgIpc) is 3.13. The third-order valence-corrected chi connectivity index (χ3v) is 3.45. The fourth-order valence-corrected chi connectivity index (χ4v) is 2.25. The molecule has 1 saturated carbocycles. The Hall–Kier alpha value is -1.36. The Morgan fingerprint density at radius 3 is 2.74 bits per heavy atom. The highest BCUT2D eigenvalue weighted by molar-refractivity contribution is 5.87. The zero-order valence-electron chi connectivity index (χ0n) is 11.4. The van der Waals surface area contributed by atoms with Crippen LogP contribution in [0.3, 0.4) is 0 Å². The van der Waals surface area contributed by atoms with Crippen molar-refractivity contribution < 1.29 is 23.8 Å².